The molecule has 0 aliphatic carbocycles. The molecule has 2 unspecified atom stereocenters. The van der Waals surface area contributed by atoms with Crippen molar-refractivity contribution < 1.29 is 9.86 Å². The number of nitrogens with zero attached hydrogens (tertiary/aromatic N) is 1. The fourth-order valence-electron chi connectivity index (χ4n) is 4.18. The Hall–Kier alpha value is -1.69. The predicted molar refractivity (Wildman–Crippen MR) is 99.6 cm³/mol. The van der Waals surface area contributed by atoms with Gasteiger partial charge in [0.2, 0.25) is 5.91 Å². The number of nitrogens with one attached hydrogen (secondary N) is 2. The summed E-state index contributed by atoms with van der Waals surface area (Å²) in [5.41, 5.74) is 1.82. The van der Waals surface area contributed by atoms with E-state index >= 15 is 0 Å². The van der Waals surface area contributed by atoms with E-state index in [0.29, 0.717) is 43.2 Å². The number of amides is 1. The summed E-state index contributed by atoms with van der Waals surface area (Å²) in [4.78, 5) is 14.8. The molecule has 25 heavy (non-hydrogen) atoms. The normalized spacial score (nSPS) is 26.2. The standard InChI is InChI=1S/C20H29N3O2/c1-3-12-23(19-13-16-7-8-17(14-19)21-16)20(24)11-6-15-4-9-18(10-5-15)22(2)25/h3-5,9-10,16-17,19,21-22H,1,6-8,11-14H2,2H3/t16-,17+,19?. The number of fused-ring (bicyclic) bond motifs is 2. The fourth-order valence-corrected chi connectivity index (χ4v) is 4.18. The van der Waals surface area contributed by atoms with Crippen molar-refractivity contribution in [3.63, 3.8) is 0 Å². The van der Waals surface area contributed by atoms with E-state index in [9.17, 15) is 10.0 Å². The van der Waals surface area contributed by atoms with Gasteiger partial charge in [0, 0.05) is 31.1 Å². The van der Waals surface area contributed by atoms with Crippen molar-refractivity contribution in [3.8, 4) is 0 Å². The van der Waals surface area contributed by atoms with E-state index in [4.69, 9.17) is 0 Å². The molecule has 5 heteroatoms. The molecule has 1 amide bonds. The summed E-state index contributed by atoms with van der Waals surface area (Å²) in [5, 5.41) is 15.0. The Balaban J connectivity index is 1.58. The van der Waals surface area contributed by atoms with Crippen molar-refractivity contribution in [2.75, 3.05) is 13.6 Å². The van der Waals surface area contributed by atoms with Gasteiger partial charge in [0.15, 0.2) is 0 Å². The van der Waals surface area contributed by atoms with Crippen LogP contribution >= 0.6 is 0 Å². The summed E-state index contributed by atoms with van der Waals surface area (Å²) in [6.45, 7) is 4.47. The van der Waals surface area contributed by atoms with Gasteiger partial charge in [-0.1, -0.05) is 18.2 Å². The van der Waals surface area contributed by atoms with Gasteiger partial charge in [0.1, 0.15) is 5.69 Å². The minimum absolute atomic E-state index is 0.0697. The zero-order chi connectivity index (χ0) is 17.8. The average Bonchev–Trinajstić information content (AvgIpc) is 2.95. The number of benzene rings is 1. The molecule has 2 saturated heterocycles. The molecule has 0 radical (unpaired) electrons. The number of carbonyl (C=O) groups excluding carboxylic acids is 1. The van der Waals surface area contributed by atoms with E-state index < -0.39 is 0 Å². The number of hydrogen-bond donors (Lipinski definition) is 2. The van der Waals surface area contributed by atoms with Gasteiger partial charge in [-0.15, -0.1) is 6.58 Å². The minimum atomic E-state index is 0.0697. The third-order valence-corrected chi connectivity index (χ3v) is 5.52. The Morgan fingerprint density at radius 1 is 1.32 bits per heavy atom. The molecule has 136 valence electrons. The second-order valence-corrected chi connectivity index (χ2v) is 7.35. The number of carbonyl (C=O) groups is 1. The number of rotatable bonds is 7. The van der Waals surface area contributed by atoms with Crippen LogP contribution in [0.5, 0.6) is 0 Å². The maximum Gasteiger partial charge on any atom is 0.223 e. The SMILES string of the molecule is C=CCN(C(=O)CCc1ccc([NH+](C)[O-])cc1)C1C[C@H]2CC[C@@H](C1)N2. The predicted octanol–water partition coefficient (Wildman–Crippen LogP) is 1.56. The largest absolute Gasteiger partial charge is 0.629 e. The molecule has 1 aromatic rings. The zero-order valence-corrected chi connectivity index (χ0v) is 15.0. The highest BCUT2D eigenvalue weighted by atomic mass is 16.5. The van der Waals surface area contributed by atoms with E-state index in [0.717, 1.165) is 18.4 Å². The first-order valence-corrected chi connectivity index (χ1v) is 9.33. The third kappa shape index (κ3) is 4.48. The van der Waals surface area contributed by atoms with Crippen molar-refractivity contribution in [1.82, 2.24) is 10.2 Å². The molecule has 3 rings (SSSR count). The molecule has 2 heterocycles. The topological polar surface area (TPSA) is 59.8 Å². The molecule has 2 aliphatic rings. The van der Waals surface area contributed by atoms with Crippen LogP contribution in [0.15, 0.2) is 36.9 Å². The van der Waals surface area contributed by atoms with E-state index in [-0.39, 0.29) is 11.0 Å². The number of piperidine rings is 1. The molecule has 0 spiro atoms. The highest BCUT2D eigenvalue weighted by Gasteiger charge is 2.37. The molecule has 2 N–H and O–H groups in total. The number of quaternary nitrogens is 1. The lowest BCUT2D eigenvalue weighted by atomic mass is 9.97. The average molecular weight is 343 g/mol. The number of hydrogen-bond acceptors (Lipinski definition) is 3. The summed E-state index contributed by atoms with van der Waals surface area (Å²) in [7, 11) is 1.57. The number of hydroxylamine groups is 1. The van der Waals surface area contributed by atoms with Gasteiger partial charge < -0.3 is 20.5 Å². The first kappa shape index (κ1) is 18.1. The maximum atomic E-state index is 12.8. The molecular weight excluding hydrogens is 314 g/mol. The molecule has 1 aromatic carbocycles. The highest BCUT2D eigenvalue weighted by Crippen LogP contribution is 2.30. The quantitative estimate of drug-likeness (QED) is 0.583. The Labute approximate surface area is 150 Å². The van der Waals surface area contributed by atoms with Crippen LogP contribution in [0.1, 0.15) is 37.7 Å². The van der Waals surface area contributed by atoms with Gasteiger partial charge >= 0.3 is 0 Å². The fraction of sp³-hybridized carbons (Fsp3) is 0.550. The van der Waals surface area contributed by atoms with Crippen molar-refractivity contribution in [3.05, 3.63) is 47.7 Å². The van der Waals surface area contributed by atoms with Gasteiger partial charge in [0.25, 0.3) is 0 Å². The molecule has 2 aliphatic heterocycles. The lowest BCUT2D eigenvalue weighted by molar-refractivity contribution is -0.751. The van der Waals surface area contributed by atoms with Crippen LogP contribution in [-0.2, 0) is 11.2 Å². The minimum Gasteiger partial charge on any atom is -0.629 e. The Morgan fingerprint density at radius 2 is 1.96 bits per heavy atom. The molecule has 2 fully saturated rings. The van der Waals surface area contributed by atoms with Crippen LogP contribution in [0, 0.1) is 5.21 Å². The first-order chi connectivity index (χ1) is 12.1. The summed E-state index contributed by atoms with van der Waals surface area (Å²) in [6, 6.07) is 9.07. The third-order valence-electron chi connectivity index (χ3n) is 5.52. The zero-order valence-electron chi connectivity index (χ0n) is 15.0. The van der Waals surface area contributed by atoms with Crippen LogP contribution in [0.2, 0.25) is 0 Å². The first-order valence-electron chi connectivity index (χ1n) is 9.33. The van der Waals surface area contributed by atoms with Gasteiger partial charge in [-0.3, -0.25) is 4.79 Å². The Morgan fingerprint density at radius 3 is 2.52 bits per heavy atom. The van der Waals surface area contributed by atoms with Crippen molar-refractivity contribution in [2.45, 2.75) is 56.7 Å². The van der Waals surface area contributed by atoms with Crippen LogP contribution in [0.4, 0.5) is 5.69 Å². The van der Waals surface area contributed by atoms with E-state index in [2.05, 4.69) is 11.9 Å². The summed E-state index contributed by atoms with van der Waals surface area (Å²) < 4.78 is 0. The van der Waals surface area contributed by atoms with Crippen LogP contribution in [0.3, 0.4) is 0 Å². The molecule has 0 saturated carbocycles. The van der Waals surface area contributed by atoms with Gasteiger partial charge in [-0.25, -0.2) is 0 Å². The molecular formula is C20H29N3O2. The maximum absolute atomic E-state index is 12.8. The summed E-state index contributed by atoms with van der Waals surface area (Å²) >= 11 is 0. The molecule has 5 nitrogen and oxygen atoms in total. The van der Waals surface area contributed by atoms with Crippen molar-refractivity contribution in [2.24, 2.45) is 0 Å². The lowest BCUT2D eigenvalue weighted by Crippen LogP contribution is -2.98. The van der Waals surface area contributed by atoms with Crippen molar-refractivity contribution in [1.29, 1.82) is 0 Å². The van der Waals surface area contributed by atoms with Crippen LogP contribution in [-0.4, -0.2) is 42.5 Å². The van der Waals surface area contributed by atoms with Crippen LogP contribution in [0.25, 0.3) is 0 Å². The van der Waals surface area contributed by atoms with E-state index in [1.807, 2.05) is 35.2 Å². The second kappa shape index (κ2) is 8.13. The van der Waals surface area contributed by atoms with E-state index in [1.165, 1.54) is 12.8 Å². The molecule has 4 atom stereocenters. The summed E-state index contributed by atoms with van der Waals surface area (Å²) in [6.07, 6.45) is 7.64. The van der Waals surface area contributed by atoms with Crippen LogP contribution < -0.4 is 10.4 Å². The van der Waals surface area contributed by atoms with Gasteiger partial charge in [-0.2, -0.15) is 0 Å². The molecule has 2 bridgehead atoms. The Kier molecular flexibility index (Phi) is 5.89. The number of aryl methyl sites for hydroxylation is 1. The molecule has 0 aromatic heterocycles. The van der Waals surface area contributed by atoms with Crippen molar-refractivity contribution >= 4 is 11.6 Å². The van der Waals surface area contributed by atoms with E-state index in [1.54, 1.807) is 7.05 Å². The van der Waals surface area contributed by atoms with Gasteiger partial charge in [0.05, 0.1) is 7.05 Å². The van der Waals surface area contributed by atoms with Gasteiger partial charge in [-0.05, 0) is 49.8 Å². The smallest absolute Gasteiger partial charge is 0.223 e. The monoisotopic (exact) mass is 343 g/mol. The second-order valence-electron chi connectivity index (χ2n) is 7.35. The highest BCUT2D eigenvalue weighted by molar-refractivity contribution is 5.77. The Bertz CT molecular complexity index is 587. The lowest BCUT2D eigenvalue weighted by Gasteiger charge is -2.37. The summed E-state index contributed by atoms with van der Waals surface area (Å²) in [5.74, 6) is 0.210.